The topological polar surface area (TPSA) is 35.5 Å². The monoisotopic (exact) mass is 244 g/mol. The minimum absolute atomic E-state index is 0.117. The maximum atomic E-state index is 12.8. The fourth-order valence-electron chi connectivity index (χ4n) is 1.25. The number of rotatable bonds is 6. The lowest BCUT2D eigenvalue weighted by atomic mass is 10.3. The highest BCUT2D eigenvalue weighted by Gasteiger charge is 2.03. The SMILES string of the molecule is CCOC(=O)CCCOc1cc(F)cc(F)c1. The Kier molecular flexibility index (Phi) is 5.39. The fraction of sp³-hybridized carbons (Fsp3) is 0.417. The summed E-state index contributed by atoms with van der Waals surface area (Å²) in [6.07, 6.45) is 0.669. The van der Waals surface area contributed by atoms with Crippen molar-refractivity contribution in [2.45, 2.75) is 19.8 Å². The van der Waals surface area contributed by atoms with E-state index in [1.54, 1.807) is 6.92 Å². The van der Waals surface area contributed by atoms with Gasteiger partial charge in [-0.3, -0.25) is 4.79 Å². The normalized spacial score (nSPS) is 10.1. The van der Waals surface area contributed by atoms with Crippen molar-refractivity contribution in [3.8, 4) is 5.75 Å². The summed E-state index contributed by atoms with van der Waals surface area (Å²) in [7, 11) is 0. The molecule has 0 unspecified atom stereocenters. The van der Waals surface area contributed by atoms with E-state index in [1.165, 1.54) is 0 Å². The van der Waals surface area contributed by atoms with Crippen LogP contribution in [0.2, 0.25) is 0 Å². The van der Waals surface area contributed by atoms with Gasteiger partial charge in [0.2, 0.25) is 0 Å². The van der Waals surface area contributed by atoms with Gasteiger partial charge in [-0.05, 0) is 13.3 Å². The van der Waals surface area contributed by atoms with E-state index in [1.807, 2.05) is 0 Å². The van der Waals surface area contributed by atoms with Crippen LogP contribution in [0, 0.1) is 11.6 Å². The molecule has 0 amide bonds. The molecule has 0 radical (unpaired) electrons. The van der Waals surface area contributed by atoms with Crippen molar-refractivity contribution >= 4 is 5.97 Å². The summed E-state index contributed by atoms with van der Waals surface area (Å²) >= 11 is 0. The van der Waals surface area contributed by atoms with Crippen LogP contribution in [0.1, 0.15) is 19.8 Å². The number of halogens is 2. The van der Waals surface area contributed by atoms with Crippen molar-refractivity contribution in [1.82, 2.24) is 0 Å². The van der Waals surface area contributed by atoms with Gasteiger partial charge in [0.05, 0.1) is 13.2 Å². The summed E-state index contributed by atoms with van der Waals surface area (Å²) in [5, 5.41) is 0. The van der Waals surface area contributed by atoms with Gasteiger partial charge in [0.25, 0.3) is 0 Å². The molecular formula is C12H14F2O3. The van der Waals surface area contributed by atoms with Crippen LogP contribution in [0.5, 0.6) is 5.75 Å². The van der Waals surface area contributed by atoms with E-state index in [-0.39, 0.29) is 24.7 Å². The highest BCUT2D eigenvalue weighted by Crippen LogP contribution is 2.15. The average Bonchev–Trinajstić information content (AvgIpc) is 2.23. The molecule has 0 N–H and O–H groups in total. The molecule has 0 aromatic heterocycles. The Bertz CT molecular complexity index is 360. The molecule has 0 aliphatic carbocycles. The Labute approximate surface area is 98.3 Å². The largest absolute Gasteiger partial charge is 0.493 e. The number of benzene rings is 1. The number of esters is 1. The Morgan fingerprint density at radius 2 is 1.88 bits per heavy atom. The Balaban J connectivity index is 2.28. The molecule has 0 aliphatic heterocycles. The quantitative estimate of drug-likeness (QED) is 0.570. The first kappa shape index (κ1) is 13.4. The van der Waals surface area contributed by atoms with Crippen LogP contribution in [0.4, 0.5) is 8.78 Å². The van der Waals surface area contributed by atoms with Crippen LogP contribution in [0.3, 0.4) is 0 Å². The number of hydrogen-bond donors (Lipinski definition) is 0. The zero-order chi connectivity index (χ0) is 12.7. The molecule has 1 aromatic rings. The summed E-state index contributed by atoms with van der Waals surface area (Å²) in [5.74, 6) is -1.57. The summed E-state index contributed by atoms with van der Waals surface area (Å²) in [6, 6.07) is 2.95. The van der Waals surface area contributed by atoms with E-state index >= 15 is 0 Å². The van der Waals surface area contributed by atoms with Gasteiger partial charge in [0.1, 0.15) is 17.4 Å². The van der Waals surface area contributed by atoms with Crippen molar-refractivity contribution in [3.05, 3.63) is 29.8 Å². The maximum absolute atomic E-state index is 12.8. The van der Waals surface area contributed by atoms with E-state index in [9.17, 15) is 13.6 Å². The zero-order valence-electron chi connectivity index (χ0n) is 9.54. The smallest absolute Gasteiger partial charge is 0.305 e. The van der Waals surface area contributed by atoms with E-state index in [0.717, 1.165) is 18.2 Å². The third kappa shape index (κ3) is 5.29. The first-order chi connectivity index (χ1) is 8.11. The molecule has 0 heterocycles. The van der Waals surface area contributed by atoms with Crippen molar-refractivity contribution in [3.63, 3.8) is 0 Å². The van der Waals surface area contributed by atoms with E-state index < -0.39 is 11.6 Å². The summed E-state index contributed by atoms with van der Waals surface area (Å²) in [6.45, 7) is 2.28. The van der Waals surface area contributed by atoms with Crippen LogP contribution in [0.25, 0.3) is 0 Å². The third-order valence-electron chi connectivity index (χ3n) is 1.94. The molecule has 94 valence electrons. The van der Waals surface area contributed by atoms with Crippen molar-refractivity contribution in [1.29, 1.82) is 0 Å². The molecule has 0 atom stereocenters. The lowest BCUT2D eigenvalue weighted by molar-refractivity contribution is -0.143. The molecule has 0 saturated heterocycles. The minimum Gasteiger partial charge on any atom is -0.493 e. The molecule has 0 aliphatic rings. The van der Waals surface area contributed by atoms with Gasteiger partial charge in [-0.25, -0.2) is 8.78 Å². The molecule has 5 heteroatoms. The van der Waals surface area contributed by atoms with Gasteiger partial charge in [0, 0.05) is 24.6 Å². The number of carbonyl (C=O) groups excluding carboxylic acids is 1. The average molecular weight is 244 g/mol. The van der Waals surface area contributed by atoms with Crippen LogP contribution in [-0.4, -0.2) is 19.2 Å². The highest BCUT2D eigenvalue weighted by molar-refractivity contribution is 5.69. The van der Waals surface area contributed by atoms with Crippen LogP contribution in [-0.2, 0) is 9.53 Å². The number of ether oxygens (including phenoxy) is 2. The zero-order valence-corrected chi connectivity index (χ0v) is 9.54. The van der Waals surface area contributed by atoms with Crippen LogP contribution in [0.15, 0.2) is 18.2 Å². The van der Waals surface area contributed by atoms with Gasteiger partial charge < -0.3 is 9.47 Å². The Morgan fingerprint density at radius 1 is 1.24 bits per heavy atom. The number of carbonyl (C=O) groups is 1. The first-order valence-electron chi connectivity index (χ1n) is 5.36. The summed E-state index contributed by atoms with van der Waals surface area (Å²) in [4.78, 5) is 11.0. The lowest BCUT2D eigenvalue weighted by Crippen LogP contribution is -2.06. The molecule has 0 bridgehead atoms. The van der Waals surface area contributed by atoms with Gasteiger partial charge in [-0.1, -0.05) is 0 Å². The van der Waals surface area contributed by atoms with E-state index in [4.69, 9.17) is 9.47 Å². The van der Waals surface area contributed by atoms with E-state index in [0.29, 0.717) is 13.0 Å². The van der Waals surface area contributed by atoms with Gasteiger partial charge in [-0.2, -0.15) is 0 Å². The summed E-state index contributed by atoms with van der Waals surface area (Å²) < 4.78 is 35.4. The minimum atomic E-state index is -0.689. The Morgan fingerprint density at radius 3 is 2.47 bits per heavy atom. The molecule has 0 fully saturated rings. The van der Waals surface area contributed by atoms with Crippen LogP contribution >= 0.6 is 0 Å². The maximum Gasteiger partial charge on any atom is 0.305 e. The van der Waals surface area contributed by atoms with Crippen molar-refractivity contribution in [2.24, 2.45) is 0 Å². The highest BCUT2D eigenvalue weighted by atomic mass is 19.1. The van der Waals surface area contributed by atoms with Gasteiger partial charge in [-0.15, -0.1) is 0 Å². The molecule has 0 saturated carbocycles. The van der Waals surface area contributed by atoms with E-state index in [2.05, 4.69) is 0 Å². The van der Waals surface area contributed by atoms with Crippen molar-refractivity contribution < 1.29 is 23.0 Å². The third-order valence-corrected chi connectivity index (χ3v) is 1.94. The first-order valence-corrected chi connectivity index (χ1v) is 5.36. The number of hydrogen-bond acceptors (Lipinski definition) is 3. The standard InChI is InChI=1S/C12H14F2O3/c1-2-16-12(15)4-3-5-17-11-7-9(13)6-10(14)8-11/h6-8H,2-5H2,1H3. The van der Waals surface area contributed by atoms with Gasteiger partial charge in [0.15, 0.2) is 0 Å². The molecule has 1 aromatic carbocycles. The Hall–Kier alpha value is -1.65. The molecular weight excluding hydrogens is 230 g/mol. The predicted molar refractivity (Wildman–Crippen MR) is 57.7 cm³/mol. The predicted octanol–water partition coefficient (Wildman–Crippen LogP) is 2.69. The van der Waals surface area contributed by atoms with Gasteiger partial charge >= 0.3 is 5.97 Å². The molecule has 1 rings (SSSR count). The molecule has 17 heavy (non-hydrogen) atoms. The molecule has 0 spiro atoms. The molecule has 3 nitrogen and oxygen atoms in total. The second-order valence-corrected chi connectivity index (χ2v) is 3.36. The lowest BCUT2D eigenvalue weighted by Gasteiger charge is -2.06. The second-order valence-electron chi connectivity index (χ2n) is 3.36. The van der Waals surface area contributed by atoms with Crippen molar-refractivity contribution in [2.75, 3.05) is 13.2 Å². The second kappa shape index (κ2) is 6.83. The van der Waals surface area contributed by atoms with Crippen LogP contribution < -0.4 is 4.74 Å². The fourth-order valence-corrected chi connectivity index (χ4v) is 1.25. The summed E-state index contributed by atoms with van der Waals surface area (Å²) in [5.41, 5.74) is 0.